The summed E-state index contributed by atoms with van der Waals surface area (Å²) in [6, 6.07) is 16.9. The van der Waals surface area contributed by atoms with Gasteiger partial charge in [0.25, 0.3) is 0 Å². The van der Waals surface area contributed by atoms with Gasteiger partial charge in [-0.1, -0.05) is 36.4 Å². The topological polar surface area (TPSA) is 62.7 Å². The van der Waals surface area contributed by atoms with Gasteiger partial charge in [0.2, 0.25) is 5.88 Å². The maximum atomic E-state index is 13.8. The number of hydrogen-bond donors (Lipinski definition) is 1. The lowest BCUT2D eigenvalue weighted by atomic mass is 10.1. The second kappa shape index (κ2) is 8.86. The van der Waals surface area contributed by atoms with Gasteiger partial charge in [-0.2, -0.15) is 13.2 Å². The first-order valence-corrected chi connectivity index (χ1v) is 9.16. The third-order valence-corrected chi connectivity index (χ3v) is 4.38. The SMILES string of the molecule is CCN(Cc1ccccc1)c1ccc(Oc2cccc(C(=O)O)n2)cc1C(F)(F)F. The molecule has 156 valence electrons. The number of hydrogen-bond acceptors (Lipinski definition) is 4. The smallest absolute Gasteiger partial charge is 0.418 e. The van der Waals surface area contributed by atoms with Crippen molar-refractivity contribution >= 4 is 11.7 Å². The molecule has 0 spiro atoms. The van der Waals surface area contributed by atoms with Gasteiger partial charge in [-0.3, -0.25) is 0 Å². The van der Waals surface area contributed by atoms with Crippen LogP contribution in [-0.4, -0.2) is 22.6 Å². The minimum Gasteiger partial charge on any atom is -0.477 e. The molecule has 2 aromatic carbocycles. The average Bonchev–Trinajstić information content (AvgIpc) is 2.72. The molecule has 3 rings (SSSR count). The van der Waals surface area contributed by atoms with E-state index in [9.17, 15) is 18.0 Å². The summed E-state index contributed by atoms with van der Waals surface area (Å²) >= 11 is 0. The van der Waals surface area contributed by atoms with Crippen molar-refractivity contribution in [1.29, 1.82) is 0 Å². The fourth-order valence-electron chi connectivity index (χ4n) is 2.96. The number of alkyl halides is 3. The standard InChI is InChI=1S/C22H19F3N2O3/c1-2-27(14-15-7-4-3-5-8-15)19-12-11-16(13-17(19)22(23,24)25)30-20-10-6-9-18(26-20)21(28)29/h3-13H,2,14H2,1H3,(H,28,29). The summed E-state index contributed by atoms with van der Waals surface area (Å²) < 4.78 is 46.8. The summed E-state index contributed by atoms with van der Waals surface area (Å²) in [5.74, 6) is -1.45. The number of anilines is 1. The summed E-state index contributed by atoms with van der Waals surface area (Å²) in [4.78, 5) is 16.4. The van der Waals surface area contributed by atoms with Gasteiger partial charge in [0.1, 0.15) is 5.75 Å². The van der Waals surface area contributed by atoms with Crippen LogP contribution in [0.3, 0.4) is 0 Å². The molecule has 0 saturated carbocycles. The number of carbonyl (C=O) groups is 1. The molecule has 3 aromatic rings. The van der Waals surface area contributed by atoms with E-state index in [-0.39, 0.29) is 23.0 Å². The predicted molar refractivity (Wildman–Crippen MR) is 106 cm³/mol. The van der Waals surface area contributed by atoms with Crippen molar-refractivity contribution < 1.29 is 27.8 Å². The van der Waals surface area contributed by atoms with Gasteiger partial charge < -0.3 is 14.7 Å². The molecule has 5 nitrogen and oxygen atoms in total. The lowest BCUT2D eigenvalue weighted by Crippen LogP contribution is -2.25. The second-order valence-electron chi connectivity index (χ2n) is 6.44. The number of carboxylic acid groups (broad SMARTS) is 1. The van der Waals surface area contributed by atoms with E-state index in [4.69, 9.17) is 9.84 Å². The minimum absolute atomic E-state index is 0.0356. The zero-order valence-corrected chi connectivity index (χ0v) is 16.1. The highest BCUT2D eigenvalue weighted by molar-refractivity contribution is 5.85. The number of benzene rings is 2. The highest BCUT2D eigenvalue weighted by atomic mass is 19.4. The molecule has 0 aliphatic heterocycles. The monoisotopic (exact) mass is 416 g/mol. The van der Waals surface area contributed by atoms with E-state index < -0.39 is 17.7 Å². The zero-order valence-electron chi connectivity index (χ0n) is 16.1. The highest BCUT2D eigenvalue weighted by Crippen LogP contribution is 2.40. The lowest BCUT2D eigenvalue weighted by Gasteiger charge is -2.27. The first kappa shape index (κ1) is 21.2. The lowest BCUT2D eigenvalue weighted by molar-refractivity contribution is -0.137. The number of aromatic carboxylic acids is 1. The third-order valence-electron chi connectivity index (χ3n) is 4.38. The first-order valence-electron chi connectivity index (χ1n) is 9.16. The third kappa shape index (κ3) is 5.08. The van der Waals surface area contributed by atoms with E-state index in [1.54, 1.807) is 11.8 Å². The van der Waals surface area contributed by atoms with Crippen LogP contribution < -0.4 is 9.64 Å². The molecule has 1 aromatic heterocycles. The Morgan fingerprint density at radius 3 is 2.43 bits per heavy atom. The number of rotatable bonds is 7. The second-order valence-corrected chi connectivity index (χ2v) is 6.44. The largest absolute Gasteiger partial charge is 0.477 e. The van der Waals surface area contributed by atoms with E-state index in [2.05, 4.69) is 4.98 Å². The van der Waals surface area contributed by atoms with Crippen molar-refractivity contribution in [3.05, 3.63) is 83.6 Å². The van der Waals surface area contributed by atoms with Crippen molar-refractivity contribution in [2.45, 2.75) is 19.6 Å². The molecule has 1 N–H and O–H groups in total. The van der Waals surface area contributed by atoms with E-state index in [0.717, 1.165) is 11.6 Å². The van der Waals surface area contributed by atoms with Gasteiger partial charge in [-0.05, 0) is 36.8 Å². The Morgan fingerprint density at radius 2 is 1.80 bits per heavy atom. The first-order chi connectivity index (χ1) is 14.3. The van der Waals surface area contributed by atoms with Crippen molar-refractivity contribution in [2.24, 2.45) is 0 Å². The quantitative estimate of drug-likeness (QED) is 0.542. The molecular weight excluding hydrogens is 397 g/mol. The van der Waals surface area contributed by atoms with Crippen LogP contribution >= 0.6 is 0 Å². The van der Waals surface area contributed by atoms with Gasteiger partial charge in [-0.15, -0.1) is 0 Å². The fourth-order valence-corrected chi connectivity index (χ4v) is 2.96. The molecule has 30 heavy (non-hydrogen) atoms. The van der Waals surface area contributed by atoms with Crippen LogP contribution in [0.2, 0.25) is 0 Å². The van der Waals surface area contributed by atoms with Gasteiger partial charge in [0.15, 0.2) is 5.69 Å². The number of pyridine rings is 1. The van der Waals surface area contributed by atoms with Crippen molar-refractivity contribution in [1.82, 2.24) is 4.98 Å². The van der Waals surface area contributed by atoms with Crippen LogP contribution in [-0.2, 0) is 12.7 Å². The summed E-state index contributed by atoms with van der Waals surface area (Å²) in [6.07, 6.45) is -4.60. The number of ether oxygens (including phenoxy) is 1. The molecule has 1 heterocycles. The summed E-state index contributed by atoms with van der Waals surface area (Å²) in [7, 11) is 0. The van der Waals surface area contributed by atoms with Crippen LogP contribution in [0.1, 0.15) is 28.5 Å². The number of nitrogens with zero attached hydrogens (tertiary/aromatic N) is 2. The van der Waals surface area contributed by atoms with Crippen molar-refractivity contribution in [2.75, 3.05) is 11.4 Å². The Hall–Kier alpha value is -3.55. The van der Waals surface area contributed by atoms with Gasteiger partial charge in [0.05, 0.1) is 5.56 Å². The summed E-state index contributed by atoms with van der Waals surface area (Å²) in [5, 5.41) is 9.00. The van der Waals surface area contributed by atoms with Gasteiger partial charge >= 0.3 is 12.1 Å². The van der Waals surface area contributed by atoms with Crippen LogP contribution in [0.4, 0.5) is 18.9 Å². The molecule has 0 amide bonds. The number of aromatic nitrogens is 1. The number of halogens is 3. The minimum atomic E-state index is -4.60. The number of carboxylic acids is 1. The van der Waals surface area contributed by atoms with Crippen molar-refractivity contribution in [3.63, 3.8) is 0 Å². The van der Waals surface area contributed by atoms with E-state index in [1.165, 1.54) is 30.3 Å². The normalized spacial score (nSPS) is 11.2. The molecule has 0 fully saturated rings. The molecular formula is C22H19F3N2O3. The van der Waals surface area contributed by atoms with E-state index >= 15 is 0 Å². The zero-order chi connectivity index (χ0) is 21.7. The van der Waals surface area contributed by atoms with Crippen LogP contribution in [0.15, 0.2) is 66.7 Å². The van der Waals surface area contributed by atoms with Crippen molar-refractivity contribution in [3.8, 4) is 11.6 Å². The molecule has 0 aliphatic rings. The fraction of sp³-hybridized carbons (Fsp3) is 0.182. The molecule has 8 heteroatoms. The van der Waals surface area contributed by atoms with Crippen LogP contribution in [0.5, 0.6) is 11.6 Å². The highest BCUT2D eigenvalue weighted by Gasteiger charge is 2.35. The van der Waals surface area contributed by atoms with Gasteiger partial charge in [0, 0.05) is 24.8 Å². The molecule has 0 saturated heterocycles. The Balaban J connectivity index is 1.93. The molecule has 0 atom stereocenters. The predicted octanol–water partition coefficient (Wildman–Crippen LogP) is 5.62. The van der Waals surface area contributed by atoms with Crippen LogP contribution in [0.25, 0.3) is 0 Å². The maximum Gasteiger partial charge on any atom is 0.418 e. The Bertz CT molecular complexity index is 1020. The van der Waals surface area contributed by atoms with E-state index in [1.807, 2.05) is 30.3 Å². The molecule has 0 aliphatic carbocycles. The summed E-state index contributed by atoms with van der Waals surface area (Å²) in [5.41, 5.74) is -0.178. The Morgan fingerprint density at radius 1 is 1.07 bits per heavy atom. The Kier molecular flexibility index (Phi) is 6.25. The average molecular weight is 416 g/mol. The summed E-state index contributed by atoms with van der Waals surface area (Å²) in [6.45, 7) is 2.48. The molecule has 0 unspecified atom stereocenters. The molecule has 0 radical (unpaired) electrons. The van der Waals surface area contributed by atoms with Crippen LogP contribution in [0, 0.1) is 0 Å². The van der Waals surface area contributed by atoms with Gasteiger partial charge in [-0.25, -0.2) is 9.78 Å². The maximum absolute atomic E-state index is 13.8. The molecule has 0 bridgehead atoms. The Labute approximate surface area is 171 Å². The van der Waals surface area contributed by atoms with E-state index in [0.29, 0.717) is 13.1 Å².